The molecule has 0 aliphatic carbocycles. The van der Waals surface area contributed by atoms with Crippen molar-refractivity contribution >= 4 is 17.7 Å². The van der Waals surface area contributed by atoms with E-state index in [0.717, 1.165) is 36.7 Å². The van der Waals surface area contributed by atoms with Crippen LogP contribution in [-0.2, 0) is 5.75 Å². The third kappa shape index (κ3) is 6.71. The Bertz CT molecular complexity index is 694. The molecule has 2 aromatic carbocycles. The van der Waals surface area contributed by atoms with Gasteiger partial charge in [-0.3, -0.25) is 4.79 Å². The van der Waals surface area contributed by atoms with Crippen molar-refractivity contribution in [1.82, 2.24) is 10.2 Å². The molecule has 0 unspecified atom stereocenters. The zero-order chi connectivity index (χ0) is 18.9. The number of carbonyl (C=O) groups excluding carboxylic acids is 1. The van der Waals surface area contributed by atoms with Crippen LogP contribution in [0.3, 0.4) is 0 Å². The molecule has 0 bridgehead atoms. The van der Waals surface area contributed by atoms with Gasteiger partial charge in [-0.2, -0.15) is 0 Å². The van der Waals surface area contributed by atoms with Crippen LogP contribution in [0.25, 0.3) is 0 Å². The Balaban J connectivity index is 1.36. The van der Waals surface area contributed by atoms with E-state index in [2.05, 4.69) is 53.5 Å². The first-order chi connectivity index (χ1) is 13.2. The fourth-order valence-electron chi connectivity index (χ4n) is 3.33. The topological polar surface area (TPSA) is 32.3 Å². The van der Waals surface area contributed by atoms with E-state index in [1.165, 1.54) is 36.4 Å². The molecule has 1 fully saturated rings. The van der Waals surface area contributed by atoms with Crippen molar-refractivity contribution in [3.05, 3.63) is 65.7 Å². The van der Waals surface area contributed by atoms with Crippen molar-refractivity contribution in [2.75, 3.05) is 26.2 Å². The molecule has 2 aromatic rings. The van der Waals surface area contributed by atoms with Crippen LogP contribution in [0.5, 0.6) is 0 Å². The first-order valence-corrected chi connectivity index (χ1v) is 11.0. The summed E-state index contributed by atoms with van der Waals surface area (Å²) in [5, 5.41) is 3.05. The Hall–Kier alpha value is -1.78. The summed E-state index contributed by atoms with van der Waals surface area (Å²) in [6, 6.07) is 18.4. The highest BCUT2D eigenvalue weighted by Gasteiger charge is 2.15. The number of hydrogen-bond acceptors (Lipinski definition) is 3. The number of hydrogen-bond donors (Lipinski definition) is 1. The Labute approximate surface area is 167 Å². The molecule has 0 aromatic heterocycles. The molecule has 0 spiro atoms. The van der Waals surface area contributed by atoms with Crippen LogP contribution >= 0.6 is 11.8 Å². The third-order valence-electron chi connectivity index (χ3n) is 5.18. The lowest BCUT2D eigenvalue weighted by Gasteiger charge is -2.30. The largest absolute Gasteiger partial charge is 0.352 e. The van der Waals surface area contributed by atoms with Crippen molar-refractivity contribution in [2.45, 2.75) is 36.8 Å². The molecule has 3 nitrogen and oxygen atoms in total. The van der Waals surface area contributed by atoms with Crippen molar-refractivity contribution in [1.29, 1.82) is 0 Å². The van der Waals surface area contributed by atoms with Crippen LogP contribution in [0.1, 0.15) is 42.1 Å². The molecule has 3 rings (SSSR count). The van der Waals surface area contributed by atoms with Gasteiger partial charge in [-0.05, 0) is 74.6 Å². The van der Waals surface area contributed by atoms with E-state index in [1.54, 1.807) is 0 Å². The maximum atomic E-state index is 12.3. The highest BCUT2D eigenvalue weighted by Crippen LogP contribution is 2.22. The summed E-state index contributed by atoms with van der Waals surface area (Å²) in [5.74, 6) is 1.82. The van der Waals surface area contributed by atoms with Crippen LogP contribution in [-0.4, -0.2) is 37.0 Å². The van der Waals surface area contributed by atoms with Gasteiger partial charge in [0.05, 0.1) is 0 Å². The minimum absolute atomic E-state index is 0.0320. The number of benzene rings is 2. The van der Waals surface area contributed by atoms with Gasteiger partial charge in [-0.1, -0.05) is 37.3 Å². The summed E-state index contributed by atoms with van der Waals surface area (Å²) in [5.41, 5.74) is 1.98. The van der Waals surface area contributed by atoms with E-state index in [4.69, 9.17) is 0 Å². The first kappa shape index (κ1) is 20.0. The van der Waals surface area contributed by atoms with E-state index < -0.39 is 0 Å². The van der Waals surface area contributed by atoms with Gasteiger partial charge >= 0.3 is 0 Å². The number of carbonyl (C=O) groups is 1. The summed E-state index contributed by atoms with van der Waals surface area (Å²) in [6.07, 6.45) is 3.63. The molecule has 1 aliphatic rings. The number of thioether (sulfide) groups is 1. The van der Waals surface area contributed by atoms with Gasteiger partial charge in [0.2, 0.25) is 0 Å². The van der Waals surface area contributed by atoms with E-state index >= 15 is 0 Å². The summed E-state index contributed by atoms with van der Waals surface area (Å²) in [4.78, 5) is 16.1. The van der Waals surface area contributed by atoms with Crippen molar-refractivity contribution in [3.8, 4) is 0 Å². The molecule has 1 aliphatic heterocycles. The van der Waals surface area contributed by atoms with Gasteiger partial charge in [-0.25, -0.2) is 0 Å². The predicted octanol–water partition coefficient (Wildman–Crippen LogP) is 4.83. The molecule has 1 N–H and O–H groups in total. The average Bonchev–Trinajstić information content (AvgIpc) is 2.72. The number of amides is 1. The maximum absolute atomic E-state index is 12.3. The molecule has 1 heterocycles. The molecule has 1 saturated heterocycles. The summed E-state index contributed by atoms with van der Waals surface area (Å²) in [7, 11) is 0. The molecule has 27 heavy (non-hydrogen) atoms. The second-order valence-electron chi connectivity index (χ2n) is 7.43. The minimum atomic E-state index is 0.0320. The molecular formula is C23H30N2OS. The van der Waals surface area contributed by atoms with E-state index in [0.29, 0.717) is 0 Å². The van der Waals surface area contributed by atoms with Crippen LogP contribution in [0, 0.1) is 5.92 Å². The average molecular weight is 383 g/mol. The monoisotopic (exact) mass is 382 g/mol. The normalized spacial score (nSPS) is 15.6. The number of nitrogens with zero attached hydrogens (tertiary/aromatic N) is 1. The highest BCUT2D eigenvalue weighted by atomic mass is 32.2. The number of rotatable bonds is 8. The lowest BCUT2D eigenvalue weighted by molar-refractivity contribution is 0.0950. The Morgan fingerprint density at radius 1 is 1.07 bits per heavy atom. The van der Waals surface area contributed by atoms with Crippen LogP contribution in [0.2, 0.25) is 0 Å². The lowest BCUT2D eigenvalue weighted by Crippen LogP contribution is -2.35. The first-order valence-electron chi connectivity index (χ1n) is 9.98. The Kier molecular flexibility index (Phi) is 7.79. The zero-order valence-electron chi connectivity index (χ0n) is 16.2. The van der Waals surface area contributed by atoms with Gasteiger partial charge in [0.25, 0.3) is 5.91 Å². The van der Waals surface area contributed by atoms with Crippen molar-refractivity contribution in [2.24, 2.45) is 5.92 Å². The quantitative estimate of drug-likeness (QED) is 0.524. The molecule has 144 valence electrons. The minimum Gasteiger partial charge on any atom is -0.352 e. The SMILES string of the molecule is CC1CCN(CCCNC(=O)c2ccc(CSc3ccccc3)cc2)CC1. The van der Waals surface area contributed by atoms with Crippen molar-refractivity contribution < 1.29 is 4.79 Å². The van der Waals surface area contributed by atoms with Crippen LogP contribution in [0.15, 0.2) is 59.5 Å². The molecule has 1 amide bonds. The number of likely N-dealkylation sites (tertiary alicyclic amines) is 1. The van der Waals surface area contributed by atoms with Gasteiger partial charge in [-0.15, -0.1) is 11.8 Å². The number of nitrogens with one attached hydrogen (secondary N) is 1. The molecular weight excluding hydrogens is 352 g/mol. The highest BCUT2D eigenvalue weighted by molar-refractivity contribution is 7.98. The van der Waals surface area contributed by atoms with Gasteiger partial charge in [0, 0.05) is 22.8 Å². The molecule has 0 radical (unpaired) electrons. The fraction of sp³-hybridized carbons (Fsp3) is 0.435. The molecule has 4 heteroatoms. The molecule has 0 saturated carbocycles. The lowest BCUT2D eigenvalue weighted by atomic mass is 9.99. The Morgan fingerprint density at radius 2 is 1.78 bits per heavy atom. The van der Waals surface area contributed by atoms with Gasteiger partial charge < -0.3 is 10.2 Å². The standard InChI is InChI=1S/C23H30N2OS/c1-19-12-16-25(17-13-19)15-5-14-24-23(26)21-10-8-20(9-11-21)18-27-22-6-3-2-4-7-22/h2-4,6-11,19H,5,12-18H2,1H3,(H,24,26). The van der Waals surface area contributed by atoms with E-state index in [1.807, 2.05) is 30.0 Å². The van der Waals surface area contributed by atoms with Gasteiger partial charge in [0.15, 0.2) is 0 Å². The number of piperidine rings is 1. The van der Waals surface area contributed by atoms with E-state index in [9.17, 15) is 4.79 Å². The molecule has 0 atom stereocenters. The maximum Gasteiger partial charge on any atom is 0.251 e. The Morgan fingerprint density at radius 3 is 2.48 bits per heavy atom. The smallest absolute Gasteiger partial charge is 0.251 e. The zero-order valence-corrected chi connectivity index (χ0v) is 17.0. The summed E-state index contributed by atoms with van der Waals surface area (Å²) < 4.78 is 0. The predicted molar refractivity (Wildman–Crippen MR) is 114 cm³/mol. The summed E-state index contributed by atoms with van der Waals surface area (Å²) in [6.45, 7) is 6.58. The third-order valence-corrected chi connectivity index (χ3v) is 6.26. The van der Waals surface area contributed by atoms with E-state index in [-0.39, 0.29) is 5.91 Å². The second-order valence-corrected chi connectivity index (χ2v) is 8.48. The van der Waals surface area contributed by atoms with Crippen molar-refractivity contribution in [3.63, 3.8) is 0 Å². The fourth-order valence-corrected chi connectivity index (χ4v) is 4.20. The summed E-state index contributed by atoms with van der Waals surface area (Å²) >= 11 is 1.81. The van der Waals surface area contributed by atoms with Crippen LogP contribution in [0.4, 0.5) is 0 Å². The van der Waals surface area contributed by atoms with Gasteiger partial charge in [0.1, 0.15) is 0 Å². The second kappa shape index (κ2) is 10.5. The van der Waals surface area contributed by atoms with Crippen LogP contribution < -0.4 is 5.32 Å².